The van der Waals surface area contributed by atoms with E-state index in [4.69, 9.17) is 0 Å². The minimum absolute atomic E-state index is 0.0243. The summed E-state index contributed by atoms with van der Waals surface area (Å²) < 4.78 is 0. The Hall–Kier alpha value is -2.11. The molecule has 0 fully saturated rings. The highest BCUT2D eigenvalue weighted by Gasteiger charge is 2.27. The van der Waals surface area contributed by atoms with Gasteiger partial charge in [0.25, 0.3) is 0 Å². The van der Waals surface area contributed by atoms with Crippen LogP contribution in [0.1, 0.15) is 37.9 Å². The standard InChI is InChI=1S/C19H22N2/c1-19(2,3)17(14-20)21-18(15-10-6-4-7-11-15)16-12-8-5-9-13-16/h4-13,17-18,21H,1-3H3. The maximum Gasteiger partial charge on any atom is 0.101 e. The molecule has 2 heteroatoms. The molecule has 2 nitrogen and oxygen atoms in total. The van der Waals surface area contributed by atoms with Crippen LogP contribution in [0.25, 0.3) is 0 Å². The van der Waals surface area contributed by atoms with Gasteiger partial charge in [-0.1, -0.05) is 81.4 Å². The lowest BCUT2D eigenvalue weighted by Gasteiger charge is -2.30. The van der Waals surface area contributed by atoms with Crippen LogP contribution >= 0.6 is 0 Å². The van der Waals surface area contributed by atoms with Crippen molar-refractivity contribution in [2.75, 3.05) is 0 Å². The number of hydrogen-bond donors (Lipinski definition) is 1. The fourth-order valence-electron chi connectivity index (χ4n) is 2.32. The molecule has 2 aromatic carbocycles. The van der Waals surface area contributed by atoms with Crippen molar-refractivity contribution in [3.8, 4) is 6.07 Å². The topological polar surface area (TPSA) is 35.8 Å². The SMILES string of the molecule is CC(C)(C)C(C#N)NC(c1ccccc1)c1ccccc1. The van der Waals surface area contributed by atoms with Gasteiger partial charge in [-0.05, 0) is 16.5 Å². The summed E-state index contributed by atoms with van der Waals surface area (Å²) in [5.74, 6) is 0. The van der Waals surface area contributed by atoms with E-state index in [0.717, 1.165) is 0 Å². The Morgan fingerprint density at radius 1 is 0.857 bits per heavy atom. The summed E-state index contributed by atoms with van der Waals surface area (Å²) in [5, 5.41) is 13.0. The number of nitriles is 1. The lowest BCUT2D eigenvalue weighted by molar-refractivity contribution is 0.306. The van der Waals surface area contributed by atoms with Crippen molar-refractivity contribution in [1.82, 2.24) is 5.32 Å². The molecule has 0 radical (unpaired) electrons. The molecule has 0 heterocycles. The highest BCUT2D eigenvalue weighted by molar-refractivity contribution is 5.32. The molecule has 0 bridgehead atoms. The summed E-state index contributed by atoms with van der Waals surface area (Å²) in [6, 6.07) is 22.8. The smallest absolute Gasteiger partial charge is 0.101 e. The van der Waals surface area contributed by atoms with Crippen LogP contribution < -0.4 is 5.32 Å². The fraction of sp³-hybridized carbons (Fsp3) is 0.316. The number of nitrogens with one attached hydrogen (secondary N) is 1. The molecule has 0 saturated carbocycles. The quantitative estimate of drug-likeness (QED) is 0.905. The molecule has 2 aromatic rings. The van der Waals surface area contributed by atoms with Crippen LogP contribution in [-0.4, -0.2) is 6.04 Å². The lowest BCUT2D eigenvalue weighted by Crippen LogP contribution is -2.41. The molecule has 1 N–H and O–H groups in total. The van der Waals surface area contributed by atoms with Gasteiger partial charge in [-0.15, -0.1) is 0 Å². The third kappa shape index (κ3) is 3.93. The highest BCUT2D eigenvalue weighted by atomic mass is 15.0. The van der Waals surface area contributed by atoms with Gasteiger partial charge in [-0.3, -0.25) is 5.32 Å². The van der Waals surface area contributed by atoms with Gasteiger partial charge in [0, 0.05) is 0 Å². The second kappa shape index (κ2) is 6.56. The van der Waals surface area contributed by atoms with Gasteiger partial charge in [0.05, 0.1) is 12.1 Å². The van der Waals surface area contributed by atoms with Gasteiger partial charge < -0.3 is 0 Å². The average molecular weight is 278 g/mol. The van der Waals surface area contributed by atoms with E-state index in [1.165, 1.54) is 11.1 Å². The molecular weight excluding hydrogens is 256 g/mol. The fourth-order valence-corrected chi connectivity index (χ4v) is 2.32. The Bertz CT molecular complexity index is 551. The molecule has 21 heavy (non-hydrogen) atoms. The van der Waals surface area contributed by atoms with E-state index in [2.05, 4.69) is 56.4 Å². The molecule has 0 amide bonds. The largest absolute Gasteiger partial charge is 0.291 e. The molecule has 1 atom stereocenters. The second-order valence-electron chi connectivity index (χ2n) is 6.35. The maximum atomic E-state index is 9.49. The van der Waals surface area contributed by atoms with Crippen molar-refractivity contribution in [2.24, 2.45) is 5.41 Å². The predicted molar refractivity (Wildman–Crippen MR) is 86.7 cm³/mol. The predicted octanol–water partition coefficient (Wildman–Crippen LogP) is 4.30. The van der Waals surface area contributed by atoms with Gasteiger partial charge >= 0.3 is 0 Å². The summed E-state index contributed by atoms with van der Waals surface area (Å²) in [6.07, 6.45) is 0. The zero-order valence-electron chi connectivity index (χ0n) is 12.9. The number of rotatable bonds is 4. The number of hydrogen-bond acceptors (Lipinski definition) is 2. The zero-order chi connectivity index (χ0) is 15.3. The molecule has 108 valence electrons. The third-order valence-electron chi connectivity index (χ3n) is 3.59. The van der Waals surface area contributed by atoms with Crippen LogP contribution in [-0.2, 0) is 0 Å². The Balaban J connectivity index is 2.36. The Morgan fingerprint density at radius 3 is 1.62 bits per heavy atom. The first-order valence-corrected chi connectivity index (χ1v) is 7.28. The van der Waals surface area contributed by atoms with Crippen LogP contribution in [0.15, 0.2) is 60.7 Å². The summed E-state index contributed by atoms with van der Waals surface area (Å²) in [6.45, 7) is 6.25. The first-order valence-electron chi connectivity index (χ1n) is 7.28. The minimum atomic E-state index is -0.220. The molecule has 0 saturated heterocycles. The average Bonchev–Trinajstić information content (AvgIpc) is 2.49. The van der Waals surface area contributed by atoms with Crippen LogP contribution in [0.3, 0.4) is 0 Å². The summed E-state index contributed by atoms with van der Waals surface area (Å²) in [7, 11) is 0. The molecule has 1 unspecified atom stereocenters. The van der Waals surface area contributed by atoms with E-state index in [-0.39, 0.29) is 17.5 Å². The van der Waals surface area contributed by atoms with Gasteiger partial charge in [0.1, 0.15) is 6.04 Å². The van der Waals surface area contributed by atoms with E-state index >= 15 is 0 Å². The first-order chi connectivity index (χ1) is 10.0. The van der Waals surface area contributed by atoms with Crippen LogP contribution in [0, 0.1) is 16.7 Å². The summed E-state index contributed by atoms with van der Waals surface area (Å²) in [5.41, 5.74) is 2.23. The van der Waals surface area contributed by atoms with Crippen molar-refractivity contribution >= 4 is 0 Å². The zero-order valence-corrected chi connectivity index (χ0v) is 12.9. The van der Waals surface area contributed by atoms with E-state index in [9.17, 15) is 5.26 Å². The van der Waals surface area contributed by atoms with Gasteiger partial charge in [-0.2, -0.15) is 5.26 Å². The van der Waals surface area contributed by atoms with Crippen LogP contribution in [0.5, 0.6) is 0 Å². The molecule has 0 aliphatic heterocycles. The van der Waals surface area contributed by atoms with Gasteiger partial charge in [-0.25, -0.2) is 0 Å². The lowest BCUT2D eigenvalue weighted by atomic mass is 9.86. The van der Waals surface area contributed by atoms with E-state index < -0.39 is 0 Å². The Morgan fingerprint density at radius 2 is 1.29 bits per heavy atom. The third-order valence-corrected chi connectivity index (χ3v) is 3.59. The Kier molecular flexibility index (Phi) is 4.77. The van der Waals surface area contributed by atoms with Crippen molar-refractivity contribution in [1.29, 1.82) is 5.26 Å². The molecule has 0 aliphatic rings. The van der Waals surface area contributed by atoms with Crippen molar-refractivity contribution in [2.45, 2.75) is 32.9 Å². The number of nitrogens with zero attached hydrogens (tertiary/aromatic N) is 1. The van der Waals surface area contributed by atoms with Crippen molar-refractivity contribution in [3.63, 3.8) is 0 Å². The molecule has 0 aromatic heterocycles. The van der Waals surface area contributed by atoms with Crippen molar-refractivity contribution < 1.29 is 0 Å². The second-order valence-corrected chi connectivity index (χ2v) is 6.35. The van der Waals surface area contributed by atoms with Gasteiger partial charge in [0.15, 0.2) is 0 Å². The van der Waals surface area contributed by atoms with Crippen molar-refractivity contribution in [3.05, 3.63) is 71.8 Å². The van der Waals surface area contributed by atoms with Crippen LogP contribution in [0.2, 0.25) is 0 Å². The maximum absolute atomic E-state index is 9.49. The van der Waals surface area contributed by atoms with Crippen LogP contribution in [0.4, 0.5) is 0 Å². The highest BCUT2D eigenvalue weighted by Crippen LogP contribution is 2.27. The molecular formula is C19H22N2. The minimum Gasteiger partial charge on any atom is -0.291 e. The van der Waals surface area contributed by atoms with E-state index in [1.54, 1.807) is 0 Å². The Labute approximate surface area is 127 Å². The molecule has 0 spiro atoms. The normalized spacial score (nSPS) is 12.9. The number of benzene rings is 2. The van der Waals surface area contributed by atoms with E-state index in [0.29, 0.717) is 0 Å². The first kappa shape index (κ1) is 15.3. The summed E-state index contributed by atoms with van der Waals surface area (Å²) in [4.78, 5) is 0. The van der Waals surface area contributed by atoms with E-state index in [1.807, 2.05) is 36.4 Å². The summed E-state index contributed by atoms with van der Waals surface area (Å²) >= 11 is 0. The van der Waals surface area contributed by atoms with Gasteiger partial charge in [0.2, 0.25) is 0 Å². The molecule has 2 rings (SSSR count). The monoisotopic (exact) mass is 278 g/mol. The molecule has 0 aliphatic carbocycles.